The molecule has 0 aliphatic carbocycles. The van der Waals surface area contributed by atoms with Gasteiger partial charge in [0.25, 0.3) is 0 Å². The molecule has 29 heavy (non-hydrogen) atoms. The van der Waals surface area contributed by atoms with Gasteiger partial charge in [-0.25, -0.2) is 0 Å². The van der Waals surface area contributed by atoms with Crippen molar-refractivity contribution in [3.05, 3.63) is 68.7 Å². The van der Waals surface area contributed by atoms with Crippen molar-refractivity contribution >= 4 is 35.0 Å². The van der Waals surface area contributed by atoms with Crippen LogP contribution in [0, 0.1) is 13.8 Å². The monoisotopic (exact) mass is 434 g/mol. The van der Waals surface area contributed by atoms with Crippen molar-refractivity contribution in [3.8, 4) is 0 Å². The van der Waals surface area contributed by atoms with Crippen molar-refractivity contribution in [2.75, 3.05) is 6.54 Å². The van der Waals surface area contributed by atoms with Crippen LogP contribution in [0.25, 0.3) is 0 Å². The van der Waals surface area contributed by atoms with Gasteiger partial charge in [-0.15, -0.1) is 0 Å². The zero-order valence-corrected chi connectivity index (χ0v) is 18.9. The average molecular weight is 435 g/mol. The van der Waals surface area contributed by atoms with Crippen molar-refractivity contribution in [1.82, 2.24) is 10.2 Å². The van der Waals surface area contributed by atoms with Gasteiger partial charge in [0.15, 0.2) is 0 Å². The highest BCUT2D eigenvalue weighted by Gasteiger charge is 2.26. The number of hydrogen-bond donors (Lipinski definition) is 1. The third-order valence-electron chi connectivity index (χ3n) is 5.00. The smallest absolute Gasteiger partial charge is 0.242 e. The highest BCUT2D eigenvalue weighted by atomic mass is 35.5. The van der Waals surface area contributed by atoms with Crippen molar-refractivity contribution in [2.24, 2.45) is 0 Å². The Morgan fingerprint density at radius 2 is 1.79 bits per heavy atom. The third-order valence-corrected chi connectivity index (χ3v) is 5.59. The Hall–Kier alpha value is -2.04. The molecule has 0 bridgehead atoms. The summed E-state index contributed by atoms with van der Waals surface area (Å²) in [4.78, 5) is 27.3. The summed E-state index contributed by atoms with van der Waals surface area (Å²) in [6.45, 7) is 8.60. The zero-order chi connectivity index (χ0) is 21.6. The molecule has 6 heteroatoms. The maximum Gasteiger partial charge on any atom is 0.242 e. The van der Waals surface area contributed by atoms with E-state index in [0.717, 1.165) is 23.1 Å². The summed E-state index contributed by atoms with van der Waals surface area (Å²) < 4.78 is 0. The van der Waals surface area contributed by atoms with Crippen LogP contribution in [0.2, 0.25) is 10.0 Å². The van der Waals surface area contributed by atoms with Crippen molar-refractivity contribution < 1.29 is 9.59 Å². The number of hydrogen-bond acceptors (Lipinski definition) is 2. The van der Waals surface area contributed by atoms with Gasteiger partial charge in [0.1, 0.15) is 6.04 Å². The van der Waals surface area contributed by atoms with Crippen LogP contribution in [0.1, 0.15) is 42.5 Å². The second-order valence-electron chi connectivity index (χ2n) is 7.32. The molecule has 1 atom stereocenters. The molecule has 2 rings (SSSR count). The van der Waals surface area contributed by atoms with Gasteiger partial charge in [0.05, 0.1) is 6.42 Å². The summed E-state index contributed by atoms with van der Waals surface area (Å²) in [5, 5.41) is 3.87. The molecule has 0 saturated heterocycles. The van der Waals surface area contributed by atoms with Crippen LogP contribution in [0.5, 0.6) is 0 Å². The number of nitrogens with one attached hydrogen (secondary N) is 1. The molecule has 0 aliphatic rings. The van der Waals surface area contributed by atoms with Gasteiger partial charge < -0.3 is 10.2 Å². The third kappa shape index (κ3) is 6.48. The Labute approximate surface area is 183 Å². The molecule has 2 aromatic rings. The predicted octanol–water partition coefficient (Wildman–Crippen LogP) is 5.10. The average Bonchev–Trinajstić information content (AvgIpc) is 2.67. The van der Waals surface area contributed by atoms with E-state index < -0.39 is 6.04 Å². The molecule has 0 fully saturated rings. The van der Waals surface area contributed by atoms with Crippen LogP contribution in [0.15, 0.2) is 36.4 Å². The first-order valence-corrected chi connectivity index (χ1v) is 10.6. The Balaban J connectivity index is 2.27. The van der Waals surface area contributed by atoms with Crippen LogP contribution in [-0.4, -0.2) is 29.3 Å². The summed E-state index contributed by atoms with van der Waals surface area (Å²) in [6, 6.07) is 10.5. The molecule has 0 aromatic heterocycles. The minimum Gasteiger partial charge on any atom is -0.354 e. The quantitative estimate of drug-likeness (QED) is 0.628. The molecular formula is C23H28Cl2N2O2. The van der Waals surface area contributed by atoms with E-state index in [4.69, 9.17) is 23.2 Å². The number of carbonyl (C=O) groups excluding carboxylic acids is 2. The molecule has 0 aliphatic heterocycles. The largest absolute Gasteiger partial charge is 0.354 e. The predicted molar refractivity (Wildman–Crippen MR) is 119 cm³/mol. The zero-order valence-electron chi connectivity index (χ0n) is 17.4. The number of benzene rings is 2. The fraction of sp³-hybridized carbons (Fsp3) is 0.391. The lowest BCUT2D eigenvalue weighted by Gasteiger charge is -2.29. The van der Waals surface area contributed by atoms with Crippen LogP contribution in [0.4, 0.5) is 0 Å². The molecule has 0 unspecified atom stereocenters. The summed E-state index contributed by atoms with van der Waals surface area (Å²) in [6.07, 6.45) is 1.05. The van der Waals surface area contributed by atoms with E-state index >= 15 is 0 Å². The van der Waals surface area contributed by atoms with Gasteiger partial charge in [-0.2, -0.15) is 0 Å². The fourth-order valence-electron chi connectivity index (χ4n) is 3.00. The number of halogens is 2. The Kier molecular flexibility index (Phi) is 8.54. The summed E-state index contributed by atoms with van der Waals surface area (Å²) in [7, 11) is 0. The van der Waals surface area contributed by atoms with Gasteiger partial charge in [0, 0.05) is 23.1 Å². The SMILES string of the molecule is CCCNC(=O)[C@H](C)N(Cc1ccc(Cl)cc1Cl)C(=O)Cc1ccc(C)c(C)c1. The molecule has 156 valence electrons. The van der Waals surface area contributed by atoms with Gasteiger partial charge >= 0.3 is 0 Å². The van der Waals surface area contributed by atoms with Crippen LogP contribution >= 0.6 is 23.2 Å². The second kappa shape index (κ2) is 10.7. The first kappa shape index (κ1) is 23.2. The number of carbonyl (C=O) groups is 2. The van der Waals surface area contributed by atoms with E-state index in [1.54, 1.807) is 30.0 Å². The topological polar surface area (TPSA) is 49.4 Å². The van der Waals surface area contributed by atoms with E-state index in [2.05, 4.69) is 5.32 Å². The minimum absolute atomic E-state index is 0.126. The molecule has 2 aromatic carbocycles. The van der Waals surface area contributed by atoms with Crippen LogP contribution in [-0.2, 0) is 22.6 Å². The van der Waals surface area contributed by atoms with E-state index in [9.17, 15) is 9.59 Å². The van der Waals surface area contributed by atoms with Crippen LogP contribution in [0.3, 0.4) is 0 Å². The fourth-order valence-corrected chi connectivity index (χ4v) is 3.47. The summed E-state index contributed by atoms with van der Waals surface area (Å²) in [5.41, 5.74) is 3.99. The number of nitrogens with zero attached hydrogens (tertiary/aromatic N) is 1. The van der Waals surface area contributed by atoms with Crippen molar-refractivity contribution in [2.45, 2.75) is 53.1 Å². The standard InChI is InChI=1S/C23H28Cl2N2O2/c1-5-10-26-23(29)17(4)27(14-19-8-9-20(24)13-21(19)25)22(28)12-18-7-6-15(2)16(3)11-18/h6-9,11,13,17H,5,10,12,14H2,1-4H3,(H,26,29)/t17-/m0/s1. The highest BCUT2D eigenvalue weighted by molar-refractivity contribution is 6.35. The van der Waals surface area contributed by atoms with E-state index in [1.807, 2.05) is 39.0 Å². The molecule has 0 spiro atoms. The van der Waals surface area contributed by atoms with Crippen molar-refractivity contribution in [3.63, 3.8) is 0 Å². The first-order valence-electron chi connectivity index (χ1n) is 9.80. The molecule has 0 saturated carbocycles. The normalized spacial score (nSPS) is 11.8. The Morgan fingerprint density at radius 1 is 1.07 bits per heavy atom. The van der Waals surface area contributed by atoms with Crippen molar-refractivity contribution in [1.29, 1.82) is 0 Å². The molecule has 4 nitrogen and oxygen atoms in total. The number of rotatable bonds is 8. The molecule has 0 heterocycles. The van der Waals surface area contributed by atoms with Crippen LogP contribution < -0.4 is 5.32 Å². The number of aryl methyl sites for hydroxylation is 2. The highest BCUT2D eigenvalue weighted by Crippen LogP contribution is 2.24. The lowest BCUT2D eigenvalue weighted by molar-refractivity contribution is -0.140. The van der Waals surface area contributed by atoms with Gasteiger partial charge in [-0.05, 0) is 61.6 Å². The van der Waals surface area contributed by atoms with Gasteiger partial charge in [-0.3, -0.25) is 9.59 Å². The van der Waals surface area contributed by atoms with E-state index in [-0.39, 0.29) is 24.8 Å². The Bertz CT molecular complexity index is 883. The maximum atomic E-state index is 13.2. The van der Waals surface area contributed by atoms with E-state index in [1.165, 1.54) is 5.56 Å². The second-order valence-corrected chi connectivity index (χ2v) is 8.16. The van der Waals surface area contributed by atoms with Gasteiger partial charge in [0.2, 0.25) is 11.8 Å². The van der Waals surface area contributed by atoms with E-state index in [0.29, 0.717) is 16.6 Å². The lowest BCUT2D eigenvalue weighted by Crippen LogP contribution is -2.48. The molecule has 1 N–H and O–H groups in total. The lowest BCUT2D eigenvalue weighted by atomic mass is 10.0. The molecule has 2 amide bonds. The summed E-state index contributed by atoms with van der Waals surface area (Å²) in [5.74, 6) is -0.302. The number of amides is 2. The molecular weight excluding hydrogens is 407 g/mol. The Morgan fingerprint density at radius 3 is 2.41 bits per heavy atom. The summed E-state index contributed by atoms with van der Waals surface area (Å²) >= 11 is 12.3. The maximum absolute atomic E-state index is 13.2. The van der Waals surface area contributed by atoms with Gasteiger partial charge in [-0.1, -0.05) is 54.4 Å². The minimum atomic E-state index is -0.618. The first-order chi connectivity index (χ1) is 13.7. The molecule has 0 radical (unpaired) electrons.